The van der Waals surface area contributed by atoms with Crippen molar-refractivity contribution in [3.8, 4) is 5.88 Å². The summed E-state index contributed by atoms with van der Waals surface area (Å²) in [6, 6.07) is 0. The van der Waals surface area contributed by atoms with Crippen LogP contribution >= 0.6 is 22.7 Å². The van der Waals surface area contributed by atoms with Gasteiger partial charge in [0.15, 0.2) is 0 Å². The number of hydrogen-bond donors (Lipinski definition) is 4. The number of hydrogen-bond acceptors (Lipinski definition) is 10. The number of aromatic nitrogens is 1. The van der Waals surface area contributed by atoms with Gasteiger partial charge in [0.05, 0.1) is 35.5 Å². The van der Waals surface area contributed by atoms with Gasteiger partial charge in [-0.3, -0.25) is 14.2 Å². The van der Waals surface area contributed by atoms with E-state index in [1.165, 1.54) is 18.6 Å². The number of anilines is 1. The maximum atomic E-state index is 12.5. The summed E-state index contributed by atoms with van der Waals surface area (Å²) >= 11 is 1.66. The number of carboxylic acid groups (broad SMARTS) is 2. The Hall–Kier alpha value is -3.62. The van der Waals surface area contributed by atoms with Gasteiger partial charge in [-0.15, -0.1) is 11.3 Å². The Morgan fingerprint density at radius 3 is 2.75 bits per heavy atom. The Balaban J connectivity index is 1.68. The SMILES string of the molecule is O=C(O)C(=O)Nc1sc2c(c1C(=O)O)CCOC2Cn1c(O)c(C=C2C=NC=N2)sc1=O. The third kappa shape index (κ3) is 3.98. The molecule has 0 saturated heterocycles. The highest BCUT2D eigenvalue weighted by Gasteiger charge is 2.33. The van der Waals surface area contributed by atoms with Crippen molar-refractivity contribution in [2.75, 3.05) is 11.9 Å². The first-order valence-corrected chi connectivity index (χ1v) is 10.6. The zero-order valence-corrected chi connectivity index (χ0v) is 17.6. The van der Waals surface area contributed by atoms with E-state index in [1.54, 1.807) is 0 Å². The summed E-state index contributed by atoms with van der Waals surface area (Å²) in [5.41, 5.74) is 0.646. The lowest BCUT2D eigenvalue weighted by Crippen LogP contribution is -2.24. The summed E-state index contributed by atoms with van der Waals surface area (Å²) in [7, 11) is 0. The fraction of sp³-hybridized carbons (Fsp3) is 0.222. The Bertz CT molecular complexity index is 1270. The second kappa shape index (κ2) is 8.49. The van der Waals surface area contributed by atoms with Gasteiger partial charge in [-0.1, -0.05) is 11.3 Å². The Kier molecular flexibility index (Phi) is 5.73. The standard InChI is InChI=1S/C18H14N4O8S2/c23-13(17(27)28)21-14-11(16(25)26)8-1-2-30-9(12(8)32-14)5-22-15(24)10(31-18(22)29)3-7-4-19-6-20-7/h3-4,6,9,24H,1-2,5H2,(H,21,23)(H,25,26)(H,27,28). The van der Waals surface area contributed by atoms with Crippen LogP contribution in [0.4, 0.5) is 5.00 Å². The minimum absolute atomic E-state index is 0.111. The zero-order chi connectivity index (χ0) is 23.0. The van der Waals surface area contributed by atoms with Crippen LogP contribution in [0.1, 0.15) is 31.8 Å². The highest BCUT2D eigenvalue weighted by atomic mass is 32.1. The highest BCUT2D eigenvalue weighted by molar-refractivity contribution is 7.17. The summed E-state index contributed by atoms with van der Waals surface area (Å²) in [5, 5.41) is 30.9. The molecule has 4 rings (SSSR count). The van der Waals surface area contributed by atoms with Gasteiger partial charge >= 0.3 is 22.7 Å². The van der Waals surface area contributed by atoms with E-state index in [9.17, 15) is 29.4 Å². The summed E-state index contributed by atoms with van der Waals surface area (Å²) in [6.07, 6.45) is 3.74. The van der Waals surface area contributed by atoms with E-state index in [4.69, 9.17) is 9.84 Å². The minimum atomic E-state index is -1.76. The predicted octanol–water partition coefficient (Wildman–Crippen LogP) is 1.17. The van der Waals surface area contributed by atoms with Crippen LogP contribution in [0.5, 0.6) is 5.88 Å². The van der Waals surface area contributed by atoms with Gasteiger partial charge in [-0.05, 0) is 18.1 Å². The molecule has 0 saturated carbocycles. The van der Waals surface area contributed by atoms with Gasteiger partial charge < -0.3 is 25.4 Å². The number of ether oxygens (including phenoxy) is 1. The second-order valence-corrected chi connectivity index (χ2v) is 8.63. The molecule has 1 amide bonds. The molecule has 0 aromatic carbocycles. The van der Waals surface area contributed by atoms with E-state index in [2.05, 4.69) is 15.3 Å². The monoisotopic (exact) mass is 478 g/mol. The van der Waals surface area contributed by atoms with E-state index < -0.39 is 28.8 Å². The first kappa shape index (κ1) is 21.6. The number of thiazole rings is 1. The van der Waals surface area contributed by atoms with E-state index in [0.717, 1.165) is 27.2 Å². The summed E-state index contributed by atoms with van der Waals surface area (Å²) in [4.78, 5) is 54.7. The largest absolute Gasteiger partial charge is 0.493 e. The van der Waals surface area contributed by atoms with Crippen LogP contribution in [0, 0.1) is 0 Å². The highest BCUT2D eigenvalue weighted by Crippen LogP contribution is 2.42. The van der Waals surface area contributed by atoms with Crippen LogP contribution in [0.15, 0.2) is 20.5 Å². The van der Waals surface area contributed by atoms with Gasteiger partial charge in [-0.25, -0.2) is 19.6 Å². The van der Waals surface area contributed by atoms with Crippen molar-refractivity contribution in [3.63, 3.8) is 0 Å². The van der Waals surface area contributed by atoms with Crippen LogP contribution in [-0.2, 0) is 27.3 Å². The number of nitrogens with zero attached hydrogens (tertiary/aromatic N) is 3. The van der Waals surface area contributed by atoms with Crippen LogP contribution in [0.3, 0.4) is 0 Å². The Morgan fingerprint density at radius 2 is 2.09 bits per heavy atom. The number of aromatic carboxylic acids is 1. The Morgan fingerprint density at radius 1 is 1.31 bits per heavy atom. The van der Waals surface area contributed by atoms with Crippen molar-refractivity contribution in [1.82, 2.24) is 4.57 Å². The third-order valence-corrected chi connectivity index (χ3v) is 6.79. The molecule has 14 heteroatoms. The smallest absolute Gasteiger partial charge is 0.394 e. The van der Waals surface area contributed by atoms with Crippen LogP contribution in [0.2, 0.25) is 0 Å². The molecule has 4 N–H and O–H groups in total. The molecular formula is C18H14N4O8S2. The maximum absolute atomic E-state index is 12.5. The number of carbonyl (C=O) groups excluding carboxylic acids is 1. The lowest BCUT2D eigenvalue weighted by Gasteiger charge is -2.23. The number of thiophene rings is 1. The van der Waals surface area contributed by atoms with E-state index in [-0.39, 0.29) is 40.9 Å². The normalized spacial score (nSPS) is 18.1. The molecule has 12 nitrogen and oxygen atoms in total. The molecule has 0 bridgehead atoms. The van der Waals surface area contributed by atoms with Crippen molar-refractivity contribution in [3.05, 3.63) is 36.2 Å². The summed E-state index contributed by atoms with van der Waals surface area (Å²) in [5.74, 6) is -4.75. The molecule has 2 aromatic rings. The maximum Gasteiger partial charge on any atom is 0.394 e. The number of aliphatic imine (C=N–C) groups is 2. The lowest BCUT2D eigenvalue weighted by atomic mass is 10.0. The number of aliphatic carboxylic acids is 1. The van der Waals surface area contributed by atoms with E-state index in [1.807, 2.05) is 0 Å². The fourth-order valence-electron chi connectivity index (χ4n) is 3.26. The number of allylic oxidation sites excluding steroid dienone is 1. The molecule has 2 aromatic heterocycles. The van der Waals surface area contributed by atoms with E-state index in [0.29, 0.717) is 16.1 Å². The first-order valence-electron chi connectivity index (χ1n) is 9.01. The molecule has 2 aliphatic rings. The van der Waals surface area contributed by atoms with Crippen molar-refractivity contribution in [2.24, 2.45) is 9.98 Å². The van der Waals surface area contributed by atoms with Crippen LogP contribution in [0.25, 0.3) is 6.08 Å². The number of fused-ring (bicyclic) bond motifs is 1. The molecular weight excluding hydrogens is 464 g/mol. The second-order valence-electron chi connectivity index (χ2n) is 6.58. The van der Waals surface area contributed by atoms with Crippen molar-refractivity contribution in [1.29, 1.82) is 0 Å². The van der Waals surface area contributed by atoms with Crippen molar-refractivity contribution >= 4 is 64.1 Å². The number of amides is 1. The molecule has 0 spiro atoms. The van der Waals surface area contributed by atoms with Crippen molar-refractivity contribution < 1.29 is 34.4 Å². The molecule has 0 aliphatic carbocycles. The summed E-state index contributed by atoms with van der Waals surface area (Å²) < 4.78 is 6.82. The molecule has 0 radical (unpaired) electrons. The van der Waals surface area contributed by atoms with Gasteiger partial charge in [0, 0.05) is 4.88 Å². The molecule has 4 heterocycles. The number of carboxylic acids is 2. The Labute approximate surface area is 186 Å². The van der Waals surface area contributed by atoms with Crippen LogP contribution < -0.4 is 10.2 Å². The summed E-state index contributed by atoms with van der Waals surface area (Å²) in [6.45, 7) is 0.0311. The predicted molar refractivity (Wildman–Crippen MR) is 115 cm³/mol. The lowest BCUT2D eigenvalue weighted by molar-refractivity contribution is -0.147. The quantitative estimate of drug-likeness (QED) is 0.462. The van der Waals surface area contributed by atoms with Crippen LogP contribution in [-0.4, -0.2) is 56.9 Å². The first-order chi connectivity index (χ1) is 15.3. The fourth-order valence-corrected chi connectivity index (χ4v) is 5.38. The molecule has 0 fully saturated rings. The molecule has 166 valence electrons. The topological polar surface area (TPSA) is 180 Å². The third-order valence-electron chi connectivity index (χ3n) is 4.64. The van der Waals surface area contributed by atoms with Gasteiger partial charge in [0.2, 0.25) is 5.88 Å². The average Bonchev–Trinajstić information content (AvgIpc) is 3.43. The van der Waals surface area contributed by atoms with Gasteiger partial charge in [0.25, 0.3) is 0 Å². The average molecular weight is 478 g/mol. The molecule has 32 heavy (non-hydrogen) atoms. The van der Waals surface area contributed by atoms with E-state index >= 15 is 0 Å². The molecule has 1 atom stereocenters. The van der Waals surface area contributed by atoms with Gasteiger partial charge in [-0.2, -0.15) is 0 Å². The minimum Gasteiger partial charge on any atom is -0.493 e. The van der Waals surface area contributed by atoms with Crippen molar-refractivity contribution in [2.45, 2.75) is 19.1 Å². The molecule has 1 unspecified atom stereocenters. The number of carbonyl (C=O) groups is 3. The molecule has 2 aliphatic heterocycles. The number of rotatable bonds is 5. The number of aromatic hydroxyl groups is 1. The zero-order valence-electron chi connectivity index (χ0n) is 16.0. The van der Waals surface area contributed by atoms with Gasteiger partial charge in [0.1, 0.15) is 17.4 Å². The number of nitrogens with one attached hydrogen (secondary N) is 1.